The van der Waals surface area contributed by atoms with Crippen LogP contribution in [0.15, 0.2) is 41.5 Å². The molecule has 25 heavy (non-hydrogen) atoms. The predicted octanol–water partition coefficient (Wildman–Crippen LogP) is 4.18. The second kappa shape index (κ2) is 6.34. The molecule has 0 fully saturated rings. The van der Waals surface area contributed by atoms with Gasteiger partial charge in [0.15, 0.2) is 17.3 Å². The first-order valence-electron chi connectivity index (χ1n) is 7.50. The Balaban J connectivity index is 1.72. The van der Waals surface area contributed by atoms with E-state index in [4.69, 9.17) is 33.3 Å². The van der Waals surface area contributed by atoms with Crippen LogP contribution in [-0.4, -0.2) is 27.9 Å². The van der Waals surface area contributed by atoms with Crippen LogP contribution in [-0.2, 0) is 0 Å². The Morgan fingerprint density at radius 2 is 1.96 bits per heavy atom. The monoisotopic (exact) mass is 372 g/mol. The molecule has 6 nitrogen and oxygen atoms in total. The van der Waals surface area contributed by atoms with E-state index in [1.165, 1.54) is 5.56 Å². The van der Waals surface area contributed by atoms with Crippen LogP contribution in [0.25, 0.3) is 11.4 Å². The van der Waals surface area contributed by atoms with Gasteiger partial charge in [-0.2, -0.15) is 14.9 Å². The molecule has 1 N–H and O–H groups in total. The summed E-state index contributed by atoms with van der Waals surface area (Å²) in [5.41, 5.74) is 2.77. The van der Waals surface area contributed by atoms with Crippen LogP contribution in [0.2, 0.25) is 5.02 Å². The summed E-state index contributed by atoms with van der Waals surface area (Å²) >= 11 is 11.6. The number of rotatable bonds is 3. The Morgan fingerprint density at radius 3 is 2.72 bits per heavy atom. The Labute approximate surface area is 153 Å². The molecule has 0 spiro atoms. The third-order valence-corrected chi connectivity index (χ3v) is 4.36. The minimum Gasteiger partial charge on any atom is -0.454 e. The topological polar surface area (TPSA) is 64.4 Å². The van der Waals surface area contributed by atoms with Crippen LogP contribution in [0.1, 0.15) is 11.1 Å². The van der Waals surface area contributed by atoms with Crippen molar-refractivity contribution >= 4 is 30.0 Å². The first-order valence-corrected chi connectivity index (χ1v) is 8.28. The summed E-state index contributed by atoms with van der Waals surface area (Å²) in [5, 5.41) is 12.0. The second-order valence-electron chi connectivity index (χ2n) is 5.50. The molecule has 1 aliphatic heterocycles. The average molecular weight is 373 g/mol. The highest BCUT2D eigenvalue weighted by molar-refractivity contribution is 7.71. The SMILES string of the molecule is Cc1ccc(-c2n[nH]c(=S)n2/N=C\c2cc3c(cc2Cl)OCO3)cc1. The second-order valence-corrected chi connectivity index (χ2v) is 6.30. The number of hydrogen-bond donors (Lipinski definition) is 1. The van der Waals surface area contributed by atoms with Gasteiger partial charge in [0.05, 0.1) is 11.2 Å². The largest absolute Gasteiger partial charge is 0.454 e. The number of hydrogen-bond acceptors (Lipinski definition) is 5. The van der Waals surface area contributed by atoms with E-state index >= 15 is 0 Å². The van der Waals surface area contributed by atoms with Crippen molar-refractivity contribution in [2.75, 3.05) is 6.79 Å². The van der Waals surface area contributed by atoms with E-state index in [1.807, 2.05) is 31.2 Å². The summed E-state index contributed by atoms with van der Waals surface area (Å²) in [6.07, 6.45) is 1.62. The van der Waals surface area contributed by atoms with E-state index in [-0.39, 0.29) is 6.79 Å². The van der Waals surface area contributed by atoms with Gasteiger partial charge >= 0.3 is 0 Å². The van der Waals surface area contributed by atoms with Gasteiger partial charge in [0.25, 0.3) is 0 Å². The maximum atomic E-state index is 6.28. The number of benzene rings is 2. The first-order chi connectivity index (χ1) is 12.1. The Morgan fingerprint density at radius 1 is 1.24 bits per heavy atom. The molecule has 3 aromatic rings. The van der Waals surface area contributed by atoms with Crippen molar-refractivity contribution in [1.29, 1.82) is 0 Å². The number of ether oxygens (including phenoxy) is 2. The fraction of sp³-hybridized carbons (Fsp3) is 0.118. The van der Waals surface area contributed by atoms with Gasteiger partial charge in [0.1, 0.15) is 0 Å². The van der Waals surface area contributed by atoms with Gasteiger partial charge in [-0.25, -0.2) is 5.10 Å². The summed E-state index contributed by atoms with van der Waals surface area (Å²) in [6, 6.07) is 11.5. The van der Waals surface area contributed by atoms with E-state index in [2.05, 4.69) is 15.3 Å². The minimum atomic E-state index is 0.191. The van der Waals surface area contributed by atoms with Crippen LogP contribution >= 0.6 is 23.8 Å². The standard InChI is InChI=1S/C17H13ClN4O2S/c1-10-2-4-11(5-3-10)16-20-21-17(25)22(16)19-8-12-6-14-15(7-13(12)18)24-9-23-14/h2-8H,9H2,1H3,(H,21,25)/b19-8-. The molecule has 0 radical (unpaired) electrons. The Kier molecular flexibility index (Phi) is 4.03. The van der Waals surface area contributed by atoms with E-state index in [9.17, 15) is 0 Å². The predicted molar refractivity (Wildman–Crippen MR) is 98.2 cm³/mol. The smallest absolute Gasteiger partial charge is 0.231 e. The lowest BCUT2D eigenvalue weighted by Crippen LogP contribution is -1.95. The van der Waals surface area contributed by atoms with Crippen LogP contribution in [0.5, 0.6) is 11.5 Å². The Bertz CT molecular complexity index is 1020. The fourth-order valence-corrected chi connectivity index (χ4v) is 2.82. The normalized spacial score (nSPS) is 12.9. The van der Waals surface area contributed by atoms with Crippen LogP contribution in [0.3, 0.4) is 0 Å². The molecular weight excluding hydrogens is 360 g/mol. The number of nitrogens with zero attached hydrogens (tertiary/aromatic N) is 3. The lowest BCUT2D eigenvalue weighted by atomic mass is 10.1. The van der Waals surface area contributed by atoms with Gasteiger partial charge in [0, 0.05) is 17.2 Å². The van der Waals surface area contributed by atoms with Crippen molar-refractivity contribution < 1.29 is 9.47 Å². The van der Waals surface area contributed by atoms with Gasteiger partial charge in [-0.3, -0.25) is 0 Å². The van der Waals surface area contributed by atoms with Crippen molar-refractivity contribution in [1.82, 2.24) is 14.9 Å². The molecule has 0 saturated heterocycles. The van der Waals surface area contributed by atoms with Crippen molar-refractivity contribution in [3.05, 3.63) is 57.3 Å². The van der Waals surface area contributed by atoms with E-state index in [0.29, 0.717) is 32.7 Å². The first kappa shape index (κ1) is 15.9. The number of aryl methyl sites for hydroxylation is 1. The van der Waals surface area contributed by atoms with Crippen molar-refractivity contribution in [2.45, 2.75) is 6.92 Å². The molecule has 0 unspecified atom stereocenters. The molecule has 0 bridgehead atoms. The minimum absolute atomic E-state index is 0.191. The maximum absolute atomic E-state index is 6.28. The van der Waals surface area contributed by atoms with Crippen molar-refractivity contribution in [3.8, 4) is 22.9 Å². The average Bonchev–Trinajstić information content (AvgIpc) is 3.19. The zero-order valence-corrected chi connectivity index (χ0v) is 14.8. The molecule has 8 heteroatoms. The molecule has 0 aliphatic carbocycles. The zero-order chi connectivity index (χ0) is 17.4. The lowest BCUT2D eigenvalue weighted by Gasteiger charge is -2.03. The summed E-state index contributed by atoms with van der Waals surface area (Å²) in [4.78, 5) is 0. The zero-order valence-electron chi connectivity index (χ0n) is 13.2. The van der Waals surface area contributed by atoms with Gasteiger partial charge in [0.2, 0.25) is 11.6 Å². The molecule has 2 heterocycles. The molecule has 0 amide bonds. The maximum Gasteiger partial charge on any atom is 0.231 e. The van der Waals surface area contributed by atoms with Crippen molar-refractivity contribution in [2.24, 2.45) is 5.10 Å². The van der Waals surface area contributed by atoms with Gasteiger partial charge in [-0.15, -0.1) is 0 Å². The van der Waals surface area contributed by atoms with E-state index < -0.39 is 0 Å². The highest BCUT2D eigenvalue weighted by atomic mass is 35.5. The van der Waals surface area contributed by atoms with E-state index in [1.54, 1.807) is 23.0 Å². The molecular formula is C17H13ClN4O2S. The fourth-order valence-electron chi connectivity index (χ4n) is 2.44. The number of H-pyrrole nitrogens is 1. The van der Waals surface area contributed by atoms with Crippen molar-refractivity contribution in [3.63, 3.8) is 0 Å². The van der Waals surface area contributed by atoms with Crippen LogP contribution < -0.4 is 9.47 Å². The highest BCUT2D eigenvalue weighted by Gasteiger charge is 2.16. The molecule has 1 aromatic heterocycles. The van der Waals surface area contributed by atoms with Gasteiger partial charge in [-0.1, -0.05) is 41.4 Å². The van der Waals surface area contributed by atoms with Gasteiger partial charge < -0.3 is 9.47 Å². The molecule has 2 aromatic carbocycles. The van der Waals surface area contributed by atoms with Crippen LogP contribution in [0.4, 0.5) is 0 Å². The summed E-state index contributed by atoms with van der Waals surface area (Å²) < 4.78 is 12.6. The Hall–Kier alpha value is -2.64. The number of aromatic amines is 1. The number of fused-ring (bicyclic) bond motifs is 1. The third-order valence-electron chi connectivity index (χ3n) is 3.76. The molecule has 4 rings (SSSR count). The third kappa shape index (κ3) is 3.04. The molecule has 0 atom stereocenters. The summed E-state index contributed by atoms with van der Waals surface area (Å²) in [6.45, 7) is 2.22. The van der Waals surface area contributed by atoms with E-state index in [0.717, 1.165) is 5.56 Å². The quantitative estimate of drug-likeness (QED) is 0.553. The molecule has 1 aliphatic rings. The number of aromatic nitrogens is 3. The van der Waals surface area contributed by atoms with Crippen LogP contribution in [0, 0.1) is 11.7 Å². The summed E-state index contributed by atoms with van der Waals surface area (Å²) in [7, 11) is 0. The number of nitrogens with one attached hydrogen (secondary N) is 1. The highest BCUT2D eigenvalue weighted by Crippen LogP contribution is 2.36. The lowest BCUT2D eigenvalue weighted by molar-refractivity contribution is 0.174. The summed E-state index contributed by atoms with van der Waals surface area (Å²) in [5.74, 6) is 1.89. The molecule has 126 valence electrons. The molecule has 0 saturated carbocycles. The van der Waals surface area contributed by atoms with Gasteiger partial charge in [-0.05, 0) is 25.2 Å². The number of halogens is 1.